The summed E-state index contributed by atoms with van der Waals surface area (Å²) in [5.74, 6) is -1.35. The first-order valence-corrected chi connectivity index (χ1v) is 10.4. The van der Waals surface area contributed by atoms with E-state index in [4.69, 9.17) is 0 Å². The van der Waals surface area contributed by atoms with Crippen LogP contribution in [0.15, 0.2) is 90.6 Å². The SMILES string of the molecule is O=C1C=C(N[C@H](Cc2ccccc2)C(=O)Nc2ccc(C(F)(F)F)cc2)C(=O)c2ccccc21. The van der Waals surface area contributed by atoms with Crippen LogP contribution in [0.2, 0.25) is 0 Å². The molecule has 0 spiro atoms. The topological polar surface area (TPSA) is 75.3 Å². The molecule has 0 bridgehead atoms. The van der Waals surface area contributed by atoms with Gasteiger partial charge in [0.25, 0.3) is 0 Å². The van der Waals surface area contributed by atoms with Gasteiger partial charge in [-0.1, -0.05) is 54.6 Å². The molecule has 5 nitrogen and oxygen atoms in total. The molecule has 0 fully saturated rings. The Balaban J connectivity index is 1.58. The second-order valence-electron chi connectivity index (χ2n) is 7.75. The number of halogens is 3. The molecule has 0 radical (unpaired) electrons. The number of amides is 1. The zero-order valence-electron chi connectivity index (χ0n) is 17.7. The average molecular weight is 464 g/mol. The van der Waals surface area contributed by atoms with Crippen LogP contribution in [-0.4, -0.2) is 23.5 Å². The molecule has 0 heterocycles. The fourth-order valence-electron chi connectivity index (χ4n) is 3.64. The van der Waals surface area contributed by atoms with Gasteiger partial charge in [-0.2, -0.15) is 13.2 Å². The third kappa shape index (κ3) is 5.06. The molecule has 3 aromatic carbocycles. The minimum atomic E-state index is -4.49. The standard InChI is InChI=1S/C26H19F3N2O3/c27-26(28,29)17-10-12-18(13-11-17)30-25(34)22(14-16-6-2-1-3-7-16)31-21-15-23(32)19-8-4-5-9-20(19)24(21)33/h1-13,15,22,31H,14H2,(H,30,34)/t22-/m1/s1. The number of carbonyl (C=O) groups excluding carboxylic acids is 3. The molecule has 0 unspecified atom stereocenters. The van der Waals surface area contributed by atoms with E-state index < -0.39 is 29.5 Å². The molecule has 1 atom stereocenters. The van der Waals surface area contributed by atoms with Crippen molar-refractivity contribution in [1.29, 1.82) is 0 Å². The van der Waals surface area contributed by atoms with Crippen LogP contribution in [0.5, 0.6) is 0 Å². The minimum Gasteiger partial charge on any atom is -0.370 e. The molecule has 1 amide bonds. The summed E-state index contributed by atoms with van der Waals surface area (Å²) in [6, 6.07) is 18.5. The van der Waals surface area contributed by atoms with Crippen molar-refractivity contribution in [2.45, 2.75) is 18.6 Å². The number of ketones is 2. The summed E-state index contributed by atoms with van der Waals surface area (Å²) in [5.41, 5.74) is 0.624. The van der Waals surface area contributed by atoms with Gasteiger partial charge in [0.05, 0.1) is 11.3 Å². The smallest absolute Gasteiger partial charge is 0.370 e. The number of Topliss-reactive ketones (excluding diaryl/α,β-unsaturated/α-hetero) is 1. The van der Waals surface area contributed by atoms with Crippen molar-refractivity contribution in [3.8, 4) is 0 Å². The van der Waals surface area contributed by atoms with Crippen LogP contribution in [0.4, 0.5) is 18.9 Å². The fraction of sp³-hybridized carbons (Fsp3) is 0.115. The molecule has 0 saturated carbocycles. The van der Waals surface area contributed by atoms with E-state index in [2.05, 4.69) is 10.6 Å². The van der Waals surface area contributed by atoms with Gasteiger partial charge in [0.2, 0.25) is 11.7 Å². The Kier molecular flexibility index (Phi) is 6.32. The summed E-state index contributed by atoms with van der Waals surface area (Å²) in [6.07, 6.45) is -3.15. The van der Waals surface area contributed by atoms with E-state index in [-0.39, 0.29) is 34.7 Å². The highest BCUT2D eigenvalue weighted by Crippen LogP contribution is 2.30. The molecule has 2 N–H and O–H groups in total. The number of fused-ring (bicyclic) bond motifs is 1. The highest BCUT2D eigenvalue weighted by atomic mass is 19.4. The Morgan fingerprint density at radius 2 is 1.44 bits per heavy atom. The van der Waals surface area contributed by atoms with Crippen LogP contribution in [0.1, 0.15) is 31.8 Å². The van der Waals surface area contributed by atoms with Crippen LogP contribution in [0.25, 0.3) is 0 Å². The van der Waals surface area contributed by atoms with Gasteiger partial charge in [0.15, 0.2) is 5.78 Å². The summed E-state index contributed by atoms with van der Waals surface area (Å²) >= 11 is 0. The number of nitrogens with one attached hydrogen (secondary N) is 2. The largest absolute Gasteiger partial charge is 0.416 e. The average Bonchev–Trinajstić information content (AvgIpc) is 2.82. The number of carbonyl (C=O) groups is 3. The van der Waals surface area contributed by atoms with E-state index in [1.807, 2.05) is 6.07 Å². The molecule has 3 aromatic rings. The van der Waals surface area contributed by atoms with Crippen LogP contribution >= 0.6 is 0 Å². The van der Waals surface area contributed by atoms with Gasteiger partial charge in [0, 0.05) is 29.3 Å². The molecule has 0 aromatic heterocycles. The third-order valence-electron chi connectivity index (χ3n) is 5.37. The number of hydrogen-bond acceptors (Lipinski definition) is 4. The minimum absolute atomic E-state index is 0.0211. The first-order chi connectivity index (χ1) is 16.2. The molecule has 172 valence electrons. The van der Waals surface area contributed by atoms with Crippen LogP contribution < -0.4 is 10.6 Å². The van der Waals surface area contributed by atoms with E-state index >= 15 is 0 Å². The normalized spacial score (nSPS) is 14.1. The van der Waals surface area contributed by atoms with E-state index in [1.54, 1.807) is 48.5 Å². The number of benzene rings is 3. The predicted molar refractivity (Wildman–Crippen MR) is 120 cm³/mol. The van der Waals surface area contributed by atoms with Crippen molar-refractivity contribution in [2.24, 2.45) is 0 Å². The molecule has 1 aliphatic carbocycles. The lowest BCUT2D eigenvalue weighted by atomic mass is 9.92. The molecular weight excluding hydrogens is 445 g/mol. The summed E-state index contributed by atoms with van der Waals surface area (Å²) in [6.45, 7) is 0. The molecule has 0 saturated heterocycles. The summed E-state index contributed by atoms with van der Waals surface area (Å²) in [7, 11) is 0. The number of allylic oxidation sites excluding steroid dienone is 2. The molecule has 4 rings (SSSR count). The monoisotopic (exact) mass is 464 g/mol. The molecule has 8 heteroatoms. The highest BCUT2D eigenvalue weighted by Gasteiger charge is 2.31. The van der Waals surface area contributed by atoms with Crippen LogP contribution in [-0.2, 0) is 17.4 Å². The van der Waals surface area contributed by atoms with Crippen molar-refractivity contribution >= 4 is 23.2 Å². The summed E-state index contributed by atoms with van der Waals surface area (Å²) in [5, 5.41) is 5.46. The Hall–Kier alpha value is -4.20. The second-order valence-corrected chi connectivity index (χ2v) is 7.75. The van der Waals surface area contributed by atoms with Gasteiger partial charge >= 0.3 is 6.18 Å². The van der Waals surface area contributed by atoms with Crippen molar-refractivity contribution < 1.29 is 27.6 Å². The van der Waals surface area contributed by atoms with Crippen molar-refractivity contribution in [2.75, 3.05) is 5.32 Å². The Morgan fingerprint density at radius 1 is 0.824 bits per heavy atom. The number of rotatable bonds is 6. The summed E-state index contributed by atoms with van der Waals surface area (Å²) < 4.78 is 38.5. The van der Waals surface area contributed by atoms with Gasteiger partial charge in [-0.05, 0) is 29.8 Å². The van der Waals surface area contributed by atoms with Crippen molar-refractivity contribution in [1.82, 2.24) is 5.32 Å². The van der Waals surface area contributed by atoms with E-state index in [1.165, 1.54) is 0 Å². The lowest BCUT2D eigenvalue weighted by Crippen LogP contribution is -2.44. The predicted octanol–water partition coefficient (Wildman–Crippen LogP) is 4.81. The second kappa shape index (κ2) is 9.35. The molecular formula is C26H19F3N2O3. The maximum atomic E-state index is 13.1. The quantitative estimate of drug-likeness (QED) is 0.549. The maximum Gasteiger partial charge on any atom is 0.416 e. The lowest BCUT2D eigenvalue weighted by molar-refractivity contribution is -0.137. The van der Waals surface area contributed by atoms with Gasteiger partial charge < -0.3 is 10.6 Å². The lowest BCUT2D eigenvalue weighted by Gasteiger charge is -2.23. The zero-order valence-corrected chi connectivity index (χ0v) is 17.7. The number of alkyl halides is 3. The van der Waals surface area contributed by atoms with Gasteiger partial charge in [0.1, 0.15) is 6.04 Å². The van der Waals surface area contributed by atoms with Crippen LogP contribution in [0, 0.1) is 0 Å². The van der Waals surface area contributed by atoms with Crippen LogP contribution in [0.3, 0.4) is 0 Å². The van der Waals surface area contributed by atoms with Crippen molar-refractivity contribution in [3.05, 3.63) is 113 Å². The maximum absolute atomic E-state index is 13.1. The Morgan fingerprint density at radius 3 is 2.09 bits per heavy atom. The van der Waals surface area contributed by atoms with Gasteiger partial charge in [-0.15, -0.1) is 0 Å². The molecule has 0 aliphatic heterocycles. The fourth-order valence-corrected chi connectivity index (χ4v) is 3.64. The third-order valence-corrected chi connectivity index (χ3v) is 5.37. The highest BCUT2D eigenvalue weighted by molar-refractivity contribution is 6.24. The summed E-state index contributed by atoms with van der Waals surface area (Å²) in [4.78, 5) is 38.5. The number of anilines is 1. The van der Waals surface area contributed by atoms with E-state index in [9.17, 15) is 27.6 Å². The molecule has 34 heavy (non-hydrogen) atoms. The Labute approximate surface area is 193 Å². The first-order valence-electron chi connectivity index (χ1n) is 10.4. The van der Waals surface area contributed by atoms with Crippen molar-refractivity contribution in [3.63, 3.8) is 0 Å². The zero-order chi connectivity index (χ0) is 24.3. The van der Waals surface area contributed by atoms with E-state index in [0.717, 1.165) is 35.9 Å². The van der Waals surface area contributed by atoms with Gasteiger partial charge in [-0.25, -0.2) is 0 Å². The molecule has 1 aliphatic rings. The first kappa shape index (κ1) is 23.0. The Bertz CT molecular complexity index is 1270. The van der Waals surface area contributed by atoms with E-state index in [0.29, 0.717) is 0 Å². The van der Waals surface area contributed by atoms with Gasteiger partial charge in [-0.3, -0.25) is 14.4 Å². The number of hydrogen-bond donors (Lipinski definition) is 2.